The first-order chi connectivity index (χ1) is 22.6. The number of hydrogen-bond acceptors (Lipinski definition) is 3. The van der Waals surface area contributed by atoms with Crippen molar-refractivity contribution in [3.63, 3.8) is 0 Å². The molecule has 0 radical (unpaired) electrons. The Hall–Kier alpha value is -5.80. The highest BCUT2D eigenvalue weighted by Gasteiger charge is 2.36. The lowest BCUT2D eigenvalue weighted by Crippen LogP contribution is -2.30. The summed E-state index contributed by atoms with van der Waals surface area (Å²) < 4.78 is 0. The Morgan fingerprint density at radius 1 is 0.413 bits per heavy atom. The molecule has 0 aliphatic carbocycles. The summed E-state index contributed by atoms with van der Waals surface area (Å²) in [5.41, 5.74) is 13.5. The average Bonchev–Trinajstić information content (AvgIpc) is 3.13. The molecule has 1 aliphatic rings. The summed E-state index contributed by atoms with van der Waals surface area (Å²) in [7, 11) is 0. The number of fused-ring (bicyclic) bond motifs is 2. The summed E-state index contributed by atoms with van der Waals surface area (Å²) in [5.74, 6) is 0.723. The smallest absolute Gasteiger partial charge is 0.160 e. The number of anilines is 3. The summed E-state index contributed by atoms with van der Waals surface area (Å²) in [5, 5.41) is 0. The third kappa shape index (κ3) is 4.87. The van der Waals surface area contributed by atoms with Crippen LogP contribution in [-0.4, -0.2) is 9.97 Å². The fourth-order valence-electron chi connectivity index (χ4n) is 6.65. The second-order valence-electron chi connectivity index (χ2n) is 12.3. The lowest BCUT2D eigenvalue weighted by atomic mass is 9.73. The number of hydrogen-bond donors (Lipinski definition) is 0. The first-order valence-electron chi connectivity index (χ1n) is 15.8. The third-order valence-electron chi connectivity index (χ3n) is 9.10. The van der Waals surface area contributed by atoms with Crippen LogP contribution < -0.4 is 4.90 Å². The number of para-hydroxylation sites is 2. The van der Waals surface area contributed by atoms with Crippen LogP contribution >= 0.6 is 0 Å². The molecule has 3 heteroatoms. The predicted molar refractivity (Wildman–Crippen MR) is 191 cm³/mol. The Balaban J connectivity index is 1.13. The van der Waals surface area contributed by atoms with Crippen LogP contribution in [0.2, 0.25) is 0 Å². The summed E-state index contributed by atoms with van der Waals surface area (Å²) in [4.78, 5) is 12.3. The molecule has 0 N–H and O–H groups in total. The maximum atomic E-state index is 5.00. The van der Waals surface area contributed by atoms with E-state index in [0.717, 1.165) is 45.2 Å². The van der Waals surface area contributed by atoms with Crippen molar-refractivity contribution in [1.29, 1.82) is 0 Å². The van der Waals surface area contributed by atoms with E-state index in [4.69, 9.17) is 9.97 Å². The van der Waals surface area contributed by atoms with Crippen molar-refractivity contribution in [2.24, 2.45) is 0 Å². The molecule has 0 unspecified atom stereocenters. The molecular formula is C43H33N3. The zero-order valence-electron chi connectivity index (χ0n) is 25.9. The van der Waals surface area contributed by atoms with E-state index in [1.807, 2.05) is 36.4 Å². The largest absolute Gasteiger partial charge is 0.310 e. The highest BCUT2D eigenvalue weighted by Crippen LogP contribution is 2.51. The number of aromatic nitrogens is 2. The Kier molecular flexibility index (Phi) is 6.80. The van der Waals surface area contributed by atoms with Gasteiger partial charge in [0.05, 0.1) is 22.8 Å². The number of nitrogens with zero attached hydrogens (tertiary/aromatic N) is 3. The fourth-order valence-corrected chi connectivity index (χ4v) is 6.65. The molecule has 0 spiro atoms. The molecule has 1 aromatic heterocycles. The van der Waals surface area contributed by atoms with Crippen molar-refractivity contribution in [2.45, 2.75) is 19.3 Å². The zero-order chi connectivity index (χ0) is 31.1. The van der Waals surface area contributed by atoms with Crippen LogP contribution in [0.5, 0.6) is 0 Å². The van der Waals surface area contributed by atoms with E-state index in [1.54, 1.807) is 0 Å². The van der Waals surface area contributed by atoms with E-state index in [9.17, 15) is 0 Å². The lowest BCUT2D eigenvalue weighted by molar-refractivity contribution is 0.632. The summed E-state index contributed by atoms with van der Waals surface area (Å²) in [6.07, 6.45) is 0. The van der Waals surface area contributed by atoms with Crippen LogP contribution in [0, 0.1) is 0 Å². The molecular weight excluding hydrogens is 558 g/mol. The van der Waals surface area contributed by atoms with Gasteiger partial charge >= 0.3 is 0 Å². The zero-order valence-corrected chi connectivity index (χ0v) is 25.9. The molecule has 46 heavy (non-hydrogen) atoms. The molecule has 8 rings (SSSR count). The summed E-state index contributed by atoms with van der Waals surface area (Å²) in [6.45, 7) is 4.64. The van der Waals surface area contributed by atoms with E-state index < -0.39 is 0 Å². The number of rotatable bonds is 5. The van der Waals surface area contributed by atoms with Gasteiger partial charge in [-0.25, -0.2) is 9.97 Å². The maximum Gasteiger partial charge on any atom is 0.160 e. The van der Waals surface area contributed by atoms with E-state index in [-0.39, 0.29) is 5.41 Å². The van der Waals surface area contributed by atoms with Crippen molar-refractivity contribution in [1.82, 2.24) is 9.97 Å². The van der Waals surface area contributed by atoms with E-state index in [1.165, 1.54) is 28.1 Å². The SMILES string of the molecule is CC1(C)c2ccccc2N(c2ccc(-c3ccc(-c4cc(-c5ccccc5)nc(-c5ccccc5)n4)cc3)cc2)c2ccccc21. The van der Waals surface area contributed by atoms with Gasteiger partial charge in [0.1, 0.15) is 0 Å². The molecule has 3 nitrogen and oxygen atoms in total. The van der Waals surface area contributed by atoms with Crippen molar-refractivity contribution in [3.05, 3.63) is 175 Å². The second kappa shape index (κ2) is 11.3. The van der Waals surface area contributed by atoms with Gasteiger partial charge in [-0.3, -0.25) is 0 Å². The minimum atomic E-state index is -0.0707. The molecule has 0 fully saturated rings. The van der Waals surface area contributed by atoms with Gasteiger partial charge in [0, 0.05) is 27.8 Å². The molecule has 0 saturated carbocycles. The Morgan fingerprint density at radius 2 is 0.826 bits per heavy atom. The van der Waals surface area contributed by atoms with E-state index in [2.05, 4.69) is 146 Å². The molecule has 7 aromatic rings. The average molecular weight is 592 g/mol. The van der Waals surface area contributed by atoms with Crippen LogP contribution in [0.25, 0.3) is 45.0 Å². The van der Waals surface area contributed by atoms with Gasteiger partial charge in [0.2, 0.25) is 0 Å². The van der Waals surface area contributed by atoms with E-state index in [0.29, 0.717) is 0 Å². The molecule has 0 bridgehead atoms. The maximum absolute atomic E-state index is 5.00. The van der Waals surface area contributed by atoms with Gasteiger partial charge < -0.3 is 4.90 Å². The van der Waals surface area contributed by atoms with Crippen molar-refractivity contribution >= 4 is 17.1 Å². The van der Waals surface area contributed by atoms with Crippen LogP contribution in [0.1, 0.15) is 25.0 Å². The Bertz CT molecular complexity index is 2040. The fraction of sp³-hybridized carbons (Fsp3) is 0.0698. The van der Waals surface area contributed by atoms with Crippen LogP contribution in [0.4, 0.5) is 17.1 Å². The second-order valence-corrected chi connectivity index (χ2v) is 12.3. The highest BCUT2D eigenvalue weighted by atomic mass is 15.2. The van der Waals surface area contributed by atoms with Gasteiger partial charge in [-0.05, 0) is 52.6 Å². The van der Waals surface area contributed by atoms with Gasteiger partial charge in [-0.15, -0.1) is 0 Å². The topological polar surface area (TPSA) is 29.0 Å². The predicted octanol–water partition coefficient (Wildman–Crippen LogP) is 11.3. The van der Waals surface area contributed by atoms with Crippen LogP contribution in [-0.2, 0) is 5.41 Å². The lowest BCUT2D eigenvalue weighted by Gasteiger charge is -2.42. The molecule has 220 valence electrons. The molecule has 2 heterocycles. The Labute approximate surface area is 270 Å². The Morgan fingerprint density at radius 3 is 1.37 bits per heavy atom. The summed E-state index contributed by atoms with van der Waals surface area (Å²) >= 11 is 0. The minimum absolute atomic E-state index is 0.0707. The number of benzene rings is 6. The van der Waals surface area contributed by atoms with Crippen LogP contribution in [0.15, 0.2) is 164 Å². The quantitative estimate of drug-likeness (QED) is 0.199. The molecule has 6 aromatic carbocycles. The van der Waals surface area contributed by atoms with Crippen molar-refractivity contribution < 1.29 is 0 Å². The van der Waals surface area contributed by atoms with Crippen molar-refractivity contribution in [3.8, 4) is 45.0 Å². The van der Waals surface area contributed by atoms with Crippen LogP contribution in [0.3, 0.4) is 0 Å². The minimum Gasteiger partial charge on any atom is -0.310 e. The molecule has 0 saturated heterocycles. The monoisotopic (exact) mass is 591 g/mol. The normalized spacial score (nSPS) is 13.1. The summed E-state index contributed by atoms with van der Waals surface area (Å²) in [6, 6.07) is 57.7. The van der Waals surface area contributed by atoms with Gasteiger partial charge in [0.15, 0.2) is 5.82 Å². The first-order valence-corrected chi connectivity index (χ1v) is 15.8. The van der Waals surface area contributed by atoms with Gasteiger partial charge in [-0.2, -0.15) is 0 Å². The molecule has 0 amide bonds. The van der Waals surface area contributed by atoms with Gasteiger partial charge in [0.25, 0.3) is 0 Å². The third-order valence-corrected chi connectivity index (χ3v) is 9.10. The highest BCUT2D eigenvalue weighted by molar-refractivity contribution is 5.86. The standard InChI is InChI=1S/C43H33N3/c1-43(2)36-17-9-11-19-40(36)46(41-20-12-10-18-37(41)43)35-27-25-31(26-28-35)30-21-23-33(24-22-30)39-29-38(32-13-5-3-6-14-32)44-42(45-39)34-15-7-4-8-16-34/h3-29H,1-2H3. The first kappa shape index (κ1) is 27.7. The molecule has 1 aliphatic heterocycles. The van der Waals surface area contributed by atoms with E-state index >= 15 is 0 Å². The van der Waals surface area contributed by atoms with Gasteiger partial charge in [-0.1, -0.05) is 147 Å². The molecule has 0 atom stereocenters. The van der Waals surface area contributed by atoms with Crippen molar-refractivity contribution in [2.75, 3.05) is 4.90 Å².